The molecule has 23 heavy (non-hydrogen) atoms. The largest absolute Gasteiger partial charge is 0.354 e. The highest BCUT2D eigenvalue weighted by molar-refractivity contribution is 8.00. The molecule has 2 N–H and O–H groups in total. The van der Waals surface area contributed by atoms with E-state index in [1.807, 2.05) is 11.8 Å². The summed E-state index contributed by atoms with van der Waals surface area (Å²) in [4.78, 5) is 26.3. The van der Waals surface area contributed by atoms with Crippen LogP contribution in [0.25, 0.3) is 0 Å². The monoisotopic (exact) mass is 336 g/mol. The normalized spacial score (nSPS) is 17.7. The third-order valence-corrected chi connectivity index (χ3v) is 4.72. The van der Waals surface area contributed by atoms with E-state index in [0.29, 0.717) is 18.8 Å². The van der Waals surface area contributed by atoms with E-state index in [4.69, 9.17) is 0 Å². The molecule has 1 aliphatic rings. The van der Waals surface area contributed by atoms with E-state index >= 15 is 0 Å². The number of hydrogen-bond donors (Lipinski definition) is 2. The summed E-state index contributed by atoms with van der Waals surface area (Å²) in [5.74, 6) is 1.76. The third kappa shape index (κ3) is 5.38. The first-order chi connectivity index (χ1) is 11.0. The molecule has 7 nitrogen and oxygen atoms in total. The Labute approximate surface area is 141 Å². The zero-order valence-electron chi connectivity index (χ0n) is 13.9. The number of rotatable bonds is 4. The second-order valence-electron chi connectivity index (χ2n) is 5.85. The maximum atomic E-state index is 11.9. The van der Waals surface area contributed by atoms with Gasteiger partial charge in [-0.1, -0.05) is 0 Å². The fourth-order valence-corrected chi connectivity index (χ4v) is 3.50. The summed E-state index contributed by atoms with van der Waals surface area (Å²) >= 11 is 1.99. The molecule has 2 heterocycles. The Hall–Kier alpha value is -1.83. The molecule has 2 rings (SSSR count). The molecular formula is C15H24N6OS. The van der Waals surface area contributed by atoms with Gasteiger partial charge < -0.3 is 15.5 Å². The van der Waals surface area contributed by atoms with Gasteiger partial charge in [0.15, 0.2) is 5.96 Å². The SMILES string of the molecule is CN=C(NCCNC(=O)c1cnccn1)N1CCSC(C)(C)C1. The van der Waals surface area contributed by atoms with Crippen molar-refractivity contribution in [2.75, 3.05) is 39.0 Å². The molecule has 1 aliphatic heterocycles. The predicted octanol–water partition coefficient (Wildman–Crippen LogP) is 0.609. The smallest absolute Gasteiger partial charge is 0.271 e. The van der Waals surface area contributed by atoms with Crippen molar-refractivity contribution in [3.8, 4) is 0 Å². The van der Waals surface area contributed by atoms with Crippen molar-refractivity contribution in [3.63, 3.8) is 0 Å². The van der Waals surface area contributed by atoms with Gasteiger partial charge in [-0.05, 0) is 13.8 Å². The van der Waals surface area contributed by atoms with E-state index in [2.05, 4.69) is 44.3 Å². The van der Waals surface area contributed by atoms with Crippen molar-refractivity contribution < 1.29 is 4.79 Å². The van der Waals surface area contributed by atoms with Gasteiger partial charge in [0.1, 0.15) is 5.69 Å². The number of carbonyl (C=O) groups is 1. The molecule has 126 valence electrons. The molecule has 0 saturated carbocycles. The quantitative estimate of drug-likeness (QED) is 0.476. The Morgan fingerprint density at radius 1 is 1.39 bits per heavy atom. The lowest BCUT2D eigenvalue weighted by molar-refractivity contribution is 0.0949. The first-order valence-corrected chi connectivity index (χ1v) is 8.64. The van der Waals surface area contributed by atoms with Crippen molar-refractivity contribution >= 4 is 23.6 Å². The van der Waals surface area contributed by atoms with Crippen molar-refractivity contribution in [1.82, 2.24) is 25.5 Å². The highest BCUT2D eigenvalue weighted by Gasteiger charge is 2.28. The summed E-state index contributed by atoms with van der Waals surface area (Å²) in [5, 5.41) is 6.12. The second-order valence-corrected chi connectivity index (χ2v) is 7.65. The van der Waals surface area contributed by atoms with Crippen LogP contribution in [0.2, 0.25) is 0 Å². The standard InChI is InChI=1S/C15H24N6OS/c1-15(2)11-21(8-9-23-15)14(16-3)20-7-6-19-13(22)12-10-17-4-5-18-12/h4-5,10H,6-9,11H2,1-3H3,(H,16,20)(H,19,22). The Balaban J connectivity index is 1.75. The number of nitrogens with zero attached hydrogens (tertiary/aromatic N) is 4. The lowest BCUT2D eigenvalue weighted by atomic mass is 10.2. The fourth-order valence-electron chi connectivity index (χ4n) is 2.39. The van der Waals surface area contributed by atoms with Gasteiger partial charge in [-0.3, -0.25) is 14.8 Å². The van der Waals surface area contributed by atoms with Gasteiger partial charge in [-0.25, -0.2) is 4.98 Å². The average Bonchev–Trinajstić information content (AvgIpc) is 2.54. The number of carbonyl (C=O) groups excluding carboxylic acids is 1. The van der Waals surface area contributed by atoms with Gasteiger partial charge in [-0.15, -0.1) is 0 Å². The van der Waals surface area contributed by atoms with Crippen molar-refractivity contribution in [1.29, 1.82) is 0 Å². The molecule has 8 heteroatoms. The molecule has 0 radical (unpaired) electrons. The lowest BCUT2D eigenvalue weighted by Gasteiger charge is -2.39. The Morgan fingerprint density at radius 3 is 2.83 bits per heavy atom. The summed E-state index contributed by atoms with van der Waals surface area (Å²) in [6, 6.07) is 0. The molecular weight excluding hydrogens is 312 g/mol. The summed E-state index contributed by atoms with van der Waals surface area (Å²) < 4.78 is 0.232. The molecule has 1 amide bonds. The summed E-state index contributed by atoms with van der Waals surface area (Å²) in [6.07, 6.45) is 4.50. The van der Waals surface area contributed by atoms with Crippen molar-refractivity contribution in [2.24, 2.45) is 4.99 Å². The third-order valence-electron chi connectivity index (χ3n) is 3.43. The summed E-state index contributed by atoms with van der Waals surface area (Å²) in [7, 11) is 1.79. The topological polar surface area (TPSA) is 82.5 Å². The van der Waals surface area contributed by atoms with Crippen LogP contribution in [0, 0.1) is 0 Å². The van der Waals surface area contributed by atoms with Crippen LogP contribution in [0.3, 0.4) is 0 Å². The number of aromatic nitrogens is 2. The zero-order chi connectivity index (χ0) is 16.7. The maximum Gasteiger partial charge on any atom is 0.271 e. The first-order valence-electron chi connectivity index (χ1n) is 7.65. The van der Waals surface area contributed by atoms with Crippen LogP contribution in [-0.4, -0.2) is 70.5 Å². The molecule has 0 atom stereocenters. The predicted molar refractivity (Wildman–Crippen MR) is 93.8 cm³/mol. The van der Waals surface area contributed by atoms with Crippen LogP contribution in [-0.2, 0) is 0 Å². The van der Waals surface area contributed by atoms with E-state index in [0.717, 1.165) is 24.8 Å². The fraction of sp³-hybridized carbons (Fsp3) is 0.600. The van der Waals surface area contributed by atoms with Crippen LogP contribution >= 0.6 is 11.8 Å². The highest BCUT2D eigenvalue weighted by atomic mass is 32.2. The van der Waals surface area contributed by atoms with Crippen molar-refractivity contribution in [3.05, 3.63) is 24.3 Å². The van der Waals surface area contributed by atoms with E-state index < -0.39 is 0 Å². The Kier molecular flexibility index (Phi) is 6.20. The zero-order valence-corrected chi connectivity index (χ0v) is 14.7. The van der Waals surface area contributed by atoms with Gasteiger partial charge >= 0.3 is 0 Å². The van der Waals surface area contributed by atoms with Crippen LogP contribution in [0.5, 0.6) is 0 Å². The lowest BCUT2D eigenvalue weighted by Crippen LogP contribution is -2.51. The van der Waals surface area contributed by atoms with E-state index in [-0.39, 0.29) is 10.7 Å². The van der Waals surface area contributed by atoms with Gasteiger partial charge in [-0.2, -0.15) is 11.8 Å². The highest BCUT2D eigenvalue weighted by Crippen LogP contribution is 2.29. The number of hydrogen-bond acceptors (Lipinski definition) is 5. The molecule has 0 unspecified atom stereocenters. The molecule has 1 saturated heterocycles. The number of guanidine groups is 1. The second kappa shape index (κ2) is 8.14. The molecule has 1 aromatic rings. The number of aliphatic imine (C=N–C) groups is 1. The van der Waals surface area contributed by atoms with Crippen LogP contribution in [0.15, 0.2) is 23.6 Å². The molecule has 0 spiro atoms. The number of thioether (sulfide) groups is 1. The minimum absolute atomic E-state index is 0.217. The number of amides is 1. The molecule has 0 aromatic carbocycles. The van der Waals surface area contributed by atoms with Crippen LogP contribution < -0.4 is 10.6 Å². The van der Waals surface area contributed by atoms with Gasteiger partial charge in [0.25, 0.3) is 5.91 Å². The van der Waals surface area contributed by atoms with Gasteiger partial charge in [0.05, 0.1) is 6.20 Å². The summed E-state index contributed by atoms with van der Waals surface area (Å²) in [6.45, 7) is 7.56. The molecule has 0 bridgehead atoms. The molecule has 1 fully saturated rings. The molecule has 0 aliphatic carbocycles. The minimum atomic E-state index is -0.217. The first kappa shape index (κ1) is 17.5. The van der Waals surface area contributed by atoms with Crippen LogP contribution in [0.4, 0.5) is 0 Å². The van der Waals surface area contributed by atoms with Crippen molar-refractivity contribution in [2.45, 2.75) is 18.6 Å². The van der Waals surface area contributed by atoms with Gasteiger partial charge in [0, 0.05) is 56.1 Å². The minimum Gasteiger partial charge on any atom is -0.354 e. The van der Waals surface area contributed by atoms with Crippen LogP contribution in [0.1, 0.15) is 24.3 Å². The average molecular weight is 336 g/mol. The Morgan fingerprint density at radius 2 is 2.17 bits per heavy atom. The maximum absolute atomic E-state index is 11.9. The summed E-state index contributed by atoms with van der Waals surface area (Å²) in [5.41, 5.74) is 0.326. The van der Waals surface area contributed by atoms with E-state index in [1.54, 1.807) is 13.2 Å². The number of nitrogens with one attached hydrogen (secondary N) is 2. The van der Waals surface area contributed by atoms with E-state index in [1.165, 1.54) is 12.4 Å². The van der Waals surface area contributed by atoms with Gasteiger partial charge in [0.2, 0.25) is 0 Å². The van der Waals surface area contributed by atoms with E-state index in [9.17, 15) is 4.79 Å². The Bertz CT molecular complexity index is 548. The molecule has 1 aromatic heterocycles.